The molecule has 2 amide bonds. The second-order valence-corrected chi connectivity index (χ2v) is 4.92. The van der Waals surface area contributed by atoms with Crippen LogP contribution < -0.4 is 10.6 Å². The van der Waals surface area contributed by atoms with Crippen molar-refractivity contribution in [3.8, 4) is 0 Å². The minimum absolute atomic E-state index is 0.0275. The fourth-order valence-electron chi connectivity index (χ4n) is 2.15. The summed E-state index contributed by atoms with van der Waals surface area (Å²) in [6, 6.07) is -0.0275. The number of unbranched alkanes of at least 4 members (excludes halogenated alkanes) is 2. The van der Waals surface area contributed by atoms with Crippen molar-refractivity contribution in [1.29, 1.82) is 0 Å². The molecule has 0 spiro atoms. The van der Waals surface area contributed by atoms with Gasteiger partial charge in [0.1, 0.15) is 0 Å². The van der Waals surface area contributed by atoms with Gasteiger partial charge in [0.25, 0.3) is 0 Å². The van der Waals surface area contributed by atoms with Crippen molar-refractivity contribution in [1.82, 2.24) is 10.6 Å². The second kappa shape index (κ2) is 8.34. The van der Waals surface area contributed by atoms with Gasteiger partial charge >= 0.3 is 6.03 Å². The Kier molecular flexibility index (Phi) is 7.01. The Morgan fingerprint density at radius 2 is 2.18 bits per heavy atom. The molecule has 2 N–H and O–H groups in total. The first-order chi connectivity index (χ1) is 8.22. The summed E-state index contributed by atoms with van der Waals surface area (Å²) >= 11 is 0. The minimum atomic E-state index is -0.0275. The fraction of sp³-hybridized carbons (Fsp3) is 0.923. The van der Waals surface area contributed by atoms with E-state index in [1.54, 1.807) is 0 Å². The summed E-state index contributed by atoms with van der Waals surface area (Å²) in [5.74, 6) is 0.570. The highest BCUT2D eigenvalue weighted by atomic mass is 16.5. The second-order valence-electron chi connectivity index (χ2n) is 4.92. The van der Waals surface area contributed by atoms with Crippen LogP contribution in [0.2, 0.25) is 0 Å². The molecule has 0 aromatic heterocycles. The molecule has 0 aliphatic carbocycles. The van der Waals surface area contributed by atoms with E-state index in [4.69, 9.17) is 4.74 Å². The van der Waals surface area contributed by atoms with Crippen molar-refractivity contribution in [2.24, 2.45) is 5.92 Å². The molecule has 0 aromatic carbocycles. The van der Waals surface area contributed by atoms with Gasteiger partial charge in [-0.1, -0.05) is 19.8 Å². The first kappa shape index (κ1) is 14.3. The highest BCUT2D eigenvalue weighted by Gasteiger charge is 2.19. The van der Waals surface area contributed by atoms with E-state index in [2.05, 4.69) is 24.5 Å². The van der Waals surface area contributed by atoms with E-state index in [1.165, 1.54) is 12.8 Å². The summed E-state index contributed by atoms with van der Waals surface area (Å²) in [5.41, 5.74) is 0. The molecule has 0 aromatic rings. The quantitative estimate of drug-likeness (QED) is 0.702. The average molecular weight is 242 g/mol. The molecule has 1 fully saturated rings. The van der Waals surface area contributed by atoms with Gasteiger partial charge in [-0.15, -0.1) is 0 Å². The number of hydrogen-bond donors (Lipinski definition) is 2. The third-order valence-corrected chi connectivity index (χ3v) is 3.21. The van der Waals surface area contributed by atoms with E-state index < -0.39 is 0 Å². The largest absolute Gasteiger partial charge is 0.378 e. The molecule has 0 saturated carbocycles. The van der Waals surface area contributed by atoms with Gasteiger partial charge < -0.3 is 15.4 Å². The van der Waals surface area contributed by atoms with Gasteiger partial charge in [0.15, 0.2) is 0 Å². The van der Waals surface area contributed by atoms with Gasteiger partial charge in [0.2, 0.25) is 0 Å². The van der Waals surface area contributed by atoms with Crippen molar-refractivity contribution in [3.63, 3.8) is 0 Å². The van der Waals surface area contributed by atoms with Crippen molar-refractivity contribution in [2.75, 3.05) is 19.7 Å². The van der Waals surface area contributed by atoms with Crippen LogP contribution in [0.1, 0.15) is 46.0 Å². The molecule has 1 aliphatic heterocycles. The average Bonchev–Trinajstić information content (AvgIpc) is 2.32. The van der Waals surface area contributed by atoms with E-state index in [-0.39, 0.29) is 6.03 Å². The summed E-state index contributed by atoms with van der Waals surface area (Å²) in [6.45, 7) is 6.63. The maximum absolute atomic E-state index is 11.5. The first-order valence-corrected chi connectivity index (χ1v) is 6.85. The Morgan fingerprint density at radius 1 is 1.35 bits per heavy atom. The molecule has 1 heterocycles. The summed E-state index contributed by atoms with van der Waals surface area (Å²) in [4.78, 5) is 11.5. The van der Waals surface area contributed by atoms with Crippen LogP contribution >= 0.6 is 0 Å². The molecule has 17 heavy (non-hydrogen) atoms. The number of ether oxygens (including phenoxy) is 1. The monoisotopic (exact) mass is 242 g/mol. The highest BCUT2D eigenvalue weighted by Crippen LogP contribution is 2.18. The van der Waals surface area contributed by atoms with Gasteiger partial charge in [0, 0.05) is 19.7 Å². The maximum atomic E-state index is 11.5. The molecule has 1 saturated heterocycles. The van der Waals surface area contributed by atoms with Crippen LogP contribution in [0.15, 0.2) is 0 Å². The third kappa shape index (κ3) is 6.51. The van der Waals surface area contributed by atoms with Gasteiger partial charge in [-0.05, 0) is 32.1 Å². The molecule has 4 nitrogen and oxygen atoms in total. The Bertz CT molecular complexity index is 221. The van der Waals surface area contributed by atoms with Crippen LogP contribution in [-0.2, 0) is 4.74 Å². The third-order valence-electron chi connectivity index (χ3n) is 3.21. The summed E-state index contributed by atoms with van der Waals surface area (Å²) in [6.07, 6.45) is 5.87. The zero-order valence-corrected chi connectivity index (χ0v) is 11.1. The first-order valence-electron chi connectivity index (χ1n) is 6.85. The van der Waals surface area contributed by atoms with Crippen LogP contribution in [0.5, 0.6) is 0 Å². The van der Waals surface area contributed by atoms with Gasteiger partial charge in [-0.25, -0.2) is 4.79 Å². The Hall–Kier alpha value is -0.770. The number of hydrogen-bond acceptors (Lipinski definition) is 2. The topological polar surface area (TPSA) is 50.4 Å². The SMILES string of the molecule is CCCCCNC(=O)NCC1CCOC(C)C1. The van der Waals surface area contributed by atoms with Gasteiger partial charge in [0.05, 0.1) is 6.10 Å². The lowest BCUT2D eigenvalue weighted by Gasteiger charge is -2.27. The number of carbonyl (C=O) groups excluding carboxylic acids is 1. The molecular formula is C13H26N2O2. The molecule has 2 atom stereocenters. The molecule has 0 radical (unpaired) electrons. The lowest BCUT2D eigenvalue weighted by molar-refractivity contribution is 0.00346. The molecule has 1 aliphatic rings. The molecule has 2 unspecified atom stereocenters. The van der Waals surface area contributed by atoms with Crippen LogP contribution in [0.4, 0.5) is 4.79 Å². The van der Waals surface area contributed by atoms with Crippen molar-refractivity contribution >= 4 is 6.03 Å². The maximum Gasteiger partial charge on any atom is 0.314 e. The highest BCUT2D eigenvalue weighted by molar-refractivity contribution is 5.73. The smallest absolute Gasteiger partial charge is 0.314 e. The van der Waals surface area contributed by atoms with Crippen molar-refractivity contribution < 1.29 is 9.53 Å². The van der Waals surface area contributed by atoms with Crippen LogP contribution in [0, 0.1) is 5.92 Å². The van der Waals surface area contributed by atoms with E-state index in [0.29, 0.717) is 12.0 Å². The molecule has 1 rings (SSSR count). The summed E-state index contributed by atoms with van der Waals surface area (Å²) in [5, 5.41) is 5.83. The van der Waals surface area contributed by atoms with Crippen LogP contribution in [0.3, 0.4) is 0 Å². The fourth-order valence-corrected chi connectivity index (χ4v) is 2.15. The van der Waals surface area contributed by atoms with E-state index in [0.717, 1.165) is 39.0 Å². The number of rotatable bonds is 6. The summed E-state index contributed by atoms with van der Waals surface area (Å²) in [7, 11) is 0. The minimum Gasteiger partial charge on any atom is -0.378 e. The lowest BCUT2D eigenvalue weighted by atomic mass is 9.96. The van der Waals surface area contributed by atoms with Crippen LogP contribution in [-0.4, -0.2) is 31.8 Å². The number of urea groups is 1. The van der Waals surface area contributed by atoms with Crippen LogP contribution in [0.25, 0.3) is 0 Å². The predicted molar refractivity (Wildman–Crippen MR) is 69.1 cm³/mol. The van der Waals surface area contributed by atoms with E-state index in [9.17, 15) is 4.79 Å². The van der Waals surface area contributed by atoms with Gasteiger partial charge in [-0.3, -0.25) is 0 Å². The standard InChI is InChI=1S/C13H26N2O2/c1-3-4-5-7-14-13(16)15-10-12-6-8-17-11(2)9-12/h11-12H,3-10H2,1-2H3,(H2,14,15,16). The molecule has 100 valence electrons. The zero-order chi connectivity index (χ0) is 12.5. The number of carbonyl (C=O) groups is 1. The van der Waals surface area contributed by atoms with Gasteiger partial charge in [-0.2, -0.15) is 0 Å². The van der Waals surface area contributed by atoms with Crippen molar-refractivity contribution in [2.45, 2.75) is 52.1 Å². The zero-order valence-electron chi connectivity index (χ0n) is 11.1. The number of nitrogens with one attached hydrogen (secondary N) is 2. The number of amides is 2. The molecular weight excluding hydrogens is 216 g/mol. The molecule has 4 heteroatoms. The lowest BCUT2D eigenvalue weighted by Crippen LogP contribution is -2.40. The Morgan fingerprint density at radius 3 is 2.88 bits per heavy atom. The van der Waals surface area contributed by atoms with E-state index >= 15 is 0 Å². The predicted octanol–water partition coefficient (Wildman–Crippen LogP) is 2.29. The van der Waals surface area contributed by atoms with E-state index in [1.807, 2.05) is 0 Å². The molecule has 0 bridgehead atoms. The Labute approximate surface area is 104 Å². The van der Waals surface area contributed by atoms with Crippen molar-refractivity contribution in [3.05, 3.63) is 0 Å². The normalized spacial score (nSPS) is 24.4. The Balaban J connectivity index is 2.02. The summed E-state index contributed by atoms with van der Waals surface area (Å²) < 4.78 is 5.48.